The topological polar surface area (TPSA) is 35.2 Å². The second-order valence-electron chi connectivity index (χ2n) is 2.74. The normalized spacial score (nSPS) is 11.6. The Bertz CT molecular complexity index is 246. The minimum atomic E-state index is -0.301. The SMILES string of the molecule is NC(I)(I)COCc1ccccc1. The predicted molar refractivity (Wildman–Crippen MR) is 71.1 cm³/mol. The highest BCUT2D eigenvalue weighted by molar-refractivity contribution is 14.2. The molecule has 0 saturated carbocycles. The van der Waals surface area contributed by atoms with E-state index in [9.17, 15) is 0 Å². The third-order valence-electron chi connectivity index (χ3n) is 1.41. The Hall–Kier alpha value is 0.600. The molecule has 1 rings (SSSR count). The fourth-order valence-corrected chi connectivity index (χ4v) is 1.32. The molecular weight excluding hydrogens is 392 g/mol. The van der Waals surface area contributed by atoms with E-state index >= 15 is 0 Å². The molecule has 0 saturated heterocycles. The zero-order valence-electron chi connectivity index (χ0n) is 7.04. The van der Waals surface area contributed by atoms with E-state index in [0.717, 1.165) is 0 Å². The van der Waals surface area contributed by atoms with Crippen molar-refractivity contribution >= 4 is 45.2 Å². The number of hydrogen-bond acceptors (Lipinski definition) is 2. The van der Waals surface area contributed by atoms with Crippen molar-refractivity contribution < 1.29 is 4.74 Å². The molecular formula is C9H11I2NO. The maximum atomic E-state index is 5.75. The van der Waals surface area contributed by atoms with Crippen LogP contribution in [0.3, 0.4) is 0 Å². The average molecular weight is 403 g/mol. The molecule has 1 aromatic carbocycles. The van der Waals surface area contributed by atoms with Gasteiger partial charge in [0.15, 0.2) is 0 Å². The van der Waals surface area contributed by atoms with E-state index in [0.29, 0.717) is 13.2 Å². The molecule has 0 aromatic heterocycles. The van der Waals surface area contributed by atoms with Gasteiger partial charge in [-0.3, -0.25) is 0 Å². The van der Waals surface area contributed by atoms with Gasteiger partial charge >= 0.3 is 0 Å². The third-order valence-corrected chi connectivity index (χ3v) is 2.03. The summed E-state index contributed by atoms with van der Waals surface area (Å²) in [6.45, 7) is 1.19. The largest absolute Gasteiger partial charge is 0.373 e. The predicted octanol–water partition coefficient (Wildman–Crippen LogP) is 2.69. The van der Waals surface area contributed by atoms with Crippen LogP contribution in [0.1, 0.15) is 5.56 Å². The summed E-state index contributed by atoms with van der Waals surface area (Å²) in [6.07, 6.45) is 0. The van der Waals surface area contributed by atoms with Gasteiger partial charge in [0.2, 0.25) is 0 Å². The summed E-state index contributed by atoms with van der Waals surface area (Å²) in [6, 6.07) is 10.1. The van der Waals surface area contributed by atoms with E-state index in [1.165, 1.54) is 5.56 Å². The number of ether oxygens (including phenoxy) is 1. The van der Waals surface area contributed by atoms with Crippen molar-refractivity contribution in [2.75, 3.05) is 6.61 Å². The lowest BCUT2D eigenvalue weighted by atomic mass is 10.2. The van der Waals surface area contributed by atoms with Crippen molar-refractivity contribution in [3.05, 3.63) is 35.9 Å². The summed E-state index contributed by atoms with van der Waals surface area (Å²) < 4.78 is 5.14. The van der Waals surface area contributed by atoms with E-state index < -0.39 is 0 Å². The van der Waals surface area contributed by atoms with E-state index in [-0.39, 0.29) is 1.55 Å². The van der Waals surface area contributed by atoms with Gasteiger partial charge in [0.1, 0.15) is 1.55 Å². The van der Waals surface area contributed by atoms with Gasteiger partial charge in [-0.2, -0.15) is 0 Å². The number of nitrogens with two attached hydrogens (primary N) is 1. The van der Waals surface area contributed by atoms with Crippen molar-refractivity contribution in [1.82, 2.24) is 0 Å². The van der Waals surface area contributed by atoms with Crippen LogP contribution in [0.15, 0.2) is 30.3 Å². The van der Waals surface area contributed by atoms with Crippen LogP contribution < -0.4 is 5.73 Å². The van der Waals surface area contributed by atoms with E-state index in [1.54, 1.807) is 0 Å². The van der Waals surface area contributed by atoms with Crippen molar-refractivity contribution in [3.8, 4) is 0 Å². The van der Waals surface area contributed by atoms with Gasteiger partial charge in [-0.25, -0.2) is 0 Å². The Morgan fingerprint density at radius 1 is 1.23 bits per heavy atom. The number of benzene rings is 1. The summed E-state index contributed by atoms with van der Waals surface area (Å²) in [5.74, 6) is 0. The Labute approximate surface area is 106 Å². The maximum Gasteiger partial charge on any atom is 0.143 e. The van der Waals surface area contributed by atoms with Crippen molar-refractivity contribution in [1.29, 1.82) is 0 Å². The monoisotopic (exact) mass is 403 g/mol. The minimum absolute atomic E-state index is 0.301. The molecule has 0 atom stereocenters. The number of rotatable bonds is 4. The molecule has 0 unspecified atom stereocenters. The molecule has 0 bridgehead atoms. The summed E-state index contributed by atoms with van der Waals surface area (Å²) in [4.78, 5) is 0. The second-order valence-corrected chi connectivity index (χ2v) is 8.65. The van der Waals surface area contributed by atoms with Crippen LogP contribution >= 0.6 is 45.2 Å². The van der Waals surface area contributed by atoms with Crippen LogP contribution in [-0.2, 0) is 11.3 Å². The Balaban J connectivity index is 2.29. The molecule has 0 heterocycles. The molecule has 2 N–H and O–H groups in total. The van der Waals surface area contributed by atoms with Gasteiger partial charge in [-0.15, -0.1) is 0 Å². The highest BCUT2D eigenvalue weighted by atomic mass is 127. The summed E-state index contributed by atoms with van der Waals surface area (Å²) in [5, 5.41) is 0. The highest BCUT2D eigenvalue weighted by Gasteiger charge is 2.14. The first kappa shape index (κ1) is 11.7. The van der Waals surface area contributed by atoms with Crippen LogP contribution in [0.2, 0.25) is 0 Å². The van der Waals surface area contributed by atoms with Crippen molar-refractivity contribution in [3.63, 3.8) is 0 Å². The van der Waals surface area contributed by atoms with Crippen LogP contribution in [0, 0.1) is 0 Å². The molecule has 4 heteroatoms. The first-order valence-electron chi connectivity index (χ1n) is 3.86. The minimum Gasteiger partial charge on any atom is -0.373 e. The smallest absolute Gasteiger partial charge is 0.143 e. The van der Waals surface area contributed by atoms with Gasteiger partial charge < -0.3 is 10.5 Å². The molecule has 0 aliphatic rings. The van der Waals surface area contributed by atoms with Gasteiger partial charge in [-0.05, 0) is 50.7 Å². The first-order valence-corrected chi connectivity index (χ1v) is 6.02. The van der Waals surface area contributed by atoms with Gasteiger partial charge in [0.05, 0.1) is 13.2 Å². The Morgan fingerprint density at radius 3 is 2.38 bits per heavy atom. The molecule has 1 aromatic rings. The van der Waals surface area contributed by atoms with Crippen LogP contribution in [0.4, 0.5) is 0 Å². The molecule has 0 fully saturated rings. The molecule has 0 aliphatic carbocycles. The molecule has 0 aliphatic heterocycles. The zero-order chi connectivity index (χ0) is 9.73. The van der Waals surface area contributed by atoms with Crippen LogP contribution in [-0.4, -0.2) is 8.16 Å². The number of alkyl halides is 2. The molecule has 13 heavy (non-hydrogen) atoms. The van der Waals surface area contributed by atoms with Crippen LogP contribution in [0.25, 0.3) is 0 Å². The highest BCUT2D eigenvalue weighted by Crippen LogP contribution is 2.20. The lowest BCUT2D eigenvalue weighted by molar-refractivity contribution is 0.123. The van der Waals surface area contributed by atoms with Gasteiger partial charge in [0.25, 0.3) is 0 Å². The molecule has 72 valence electrons. The zero-order valence-corrected chi connectivity index (χ0v) is 11.4. The first-order chi connectivity index (χ1) is 6.08. The third kappa shape index (κ3) is 5.82. The van der Waals surface area contributed by atoms with Crippen LogP contribution in [0.5, 0.6) is 0 Å². The summed E-state index contributed by atoms with van der Waals surface area (Å²) in [5.41, 5.74) is 6.93. The summed E-state index contributed by atoms with van der Waals surface area (Å²) >= 11 is 4.32. The second kappa shape index (κ2) is 5.47. The average Bonchev–Trinajstić information content (AvgIpc) is 2.04. The standard InChI is InChI=1S/C9H11I2NO/c10-9(11,12)7-13-6-8-4-2-1-3-5-8/h1-5H,6-7,12H2. The van der Waals surface area contributed by atoms with Crippen molar-refractivity contribution in [2.45, 2.75) is 8.16 Å². The quantitative estimate of drug-likeness (QED) is 0.477. The Morgan fingerprint density at radius 2 is 1.85 bits per heavy atom. The maximum absolute atomic E-state index is 5.75. The summed E-state index contributed by atoms with van der Waals surface area (Å²) in [7, 11) is 0. The molecule has 2 nitrogen and oxygen atoms in total. The molecule has 0 amide bonds. The van der Waals surface area contributed by atoms with Gasteiger partial charge in [0, 0.05) is 0 Å². The van der Waals surface area contributed by atoms with E-state index in [4.69, 9.17) is 10.5 Å². The fourth-order valence-electron chi connectivity index (χ4n) is 0.879. The lowest BCUT2D eigenvalue weighted by Crippen LogP contribution is -2.29. The number of halogens is 2. The van der Waals surface area contributed by atoms with Gasteiger partial charge in [-0.1, -0.05) is 30.3 Å². The van der Waals surface area contributed by atoms with Crippen molar-refractivity contribution in [2.24, 2.45) is 5.73 Å². The molecule has 0 radical (unpaired) electrons. The number of hydrogen-bond donors (Lipinski definition) is 1. The fraction of sp³-hybridized carbons (Fsp3) is 0.333. The van der Waals surface area contributed by atoms with E-state index in [2.05, 4.69) is 45.2 Å². The molecule has 0 spiro atoms. The lowest BCUT2D eigenvalue weighted by Gasteiger charge is -2.14. The van der Waals surface area contributed by atoms with E-state index in [1.807, 2.05) is 30.3 Å². The Kier molecular flexibility index (Phi) is 4.91.